The topological polar surface area (TPSA) is 72.9 Å². The number of nitrogens with zero attached hydrogens (tertiary/aromatic N) is 2. The smallest absolute Gasteiger partial charge is 0.321 e. The fraction of sp³-hybridized carbons (Fsp3) is 0.579. The maximum Gasteiger partial charge on any atom is 0.321 e. The third-order valence-corrected chi connectivity index (χ3v) is 5.46. The fourth-order valence-electron chi connectivity index (χ4n) is 3.72. The number of aliphatic hydroxyl groups excluding tert-OH is 1. The minimum atomic E-state index is -0.488. The van der Waals surface area contributed by atoms with Crippen molar-refractivity contribution in [2.45, 2.75) is 39.3 Å². The molecule has 0 bridgehead atoms. The molecule has 3 atom stereocenters. The zero-order chi connectivity index (χ0) is 18.0. The summed E-state index contributed by atoms with van der Waals surface area (Å²) in [4.78, 5) is 29.5. The normalized spacial score (nSPS) is 24.5. The molecule has 1 aromatic rings. The number of hydrogen-bond acceptors (Lipinski definition) is 3. The molecule has 0 radical (unpaired) electrons. The standard InChI is InChI=1S/C19H27N3O3/c1-3-13(2)17-18(24)20-16-7-5-4-6-15(16)11-22(17)19(25)21-9-8-14(10-21)12-23/h4-7,13-14,17,23H,3,8-12H2,1-2H3,(H,20,24). The van der Waals surface area contributed by atoms with E-state index in [9.17, 15) is 14.7 Å². The first kappa shape index (κ1) is 17.7. The van der Waals surface area contributed by atoms with Gasteiger partial charge in [-0.05, 0) is 24.0 Å². The van der Waals surface area contributed by atoms with Gasteiger partial charge in [0, 0.05) is 31.3 Å². The van der Waals surface area contributed by atoms with Crippen molar-refractivity contribution in [2.24, 2.45) is 11.8 Å². The molecule has 0 spiro atoms. The van der Waals surface area contributed by atoms with Gasteiger partial charge in [-0.15, -0.1) is 0 Å². The highest BCUT2D eigenvalue weighted by atomic mass is 16.3. The van der Waals surface area contributed by atoms with E-state index in [-0.39, 0.29) is 30.4 Å². The summed E-state index contributed by atoms with van der Waals surface area (Å²) in [5.41, 5.74) is 1.73. The first-order valence-electron chi connectivity index (χ1n) is 9.10. The number of anilines is 1. The number of para-hydroxylation sites is 1. The Morgan fingerprint density at radius 3 is 2.84 bits per heavy atom. The molecule has 0 aliphatic carbocycles. The lowest BCUT2D eigenvalue weighted by Gasteiger charge is -2.35. The van der Waals surface area contributed by atoms with Crippen molar-refractivity contribution in [3.8, 4) is 0 Å². The van der Waals surface area contributed by atoms with Crippen LogP contribution in [0.25, 0.3) is 0 Å². The number of amides is 3. The zero-order valence-corrected chi connectivity index (χ0v) is 14.9. The van der Waals surface area contributed by atoms with Gasteiger partial charge in [-0.25, -0.2) is 4.79 Å². The minimum absolute atomic E-state index is 0.0644. The van der Waals surface area contributed by atoms with Crippen molar-refractivity contribution in [3.05, 3.63) is 29.8 Å². The van der Waals surface area contributed by atoms with Crippen molar-refractivity contribution in [1.29, 1.82) is 0 Å². The molecule has 6 heteroatoms. The SMILES string of the molecule is CCC(C)C1C(=O)Nc2ccccc2CN1C(=O)N1CCC(CO)C1. The molecule has 6 nitrogen and oxygen atoms in total. The number of urea groups is 1. The first-order chi connectivity index (χ1) is 12.0. The molecular formula is C19H27N3O3. The Balaban J connectivity index is 1.91. The molecule has 136 valence electrons. The molecule has 2 N–H and O–H groups in total. The molecule has 1 saturated heterocycles. The first-order valence-corrected chi connectivity index (χ1v) is 9.10. The van der Waals surface area contributed by atoms with E-state index >= 15 is 0 Å². The van der Waals surface area contributed by atoms with E-state index in [1.165, 1.54) is 0 Å². The van der Waals surface area contributed by atoms with Gasteiger partial charge in [0.1, 0.15) is 6.04 Å². The van der Waals surface area contributed by atoms with Crippen LogP contribution < -0.4 is 5.32 Å². The predicted molar refractivity (Wildman–Crippen MR) is 96.0 cm³/mol. The van der Waals surface area contributed by atoms with E-state index in [1.807, 2.05) is 38.1 Å². The van der Waals surface area contributed by atoms with Crippen molar-refractivity contribution in [1.82, 2.24) is 9.80 Å². The molecule has 2 aliphatic rings. The van der Waals surface area contributed by atoms with Gasteiger partial charge in [-0.3, -0.25) is 4.79 Å². The molecule has 1 fully saturated rings. The van der Waals surface area contributed by atoms with E-state index in [2.05, 4.69) is 5.32 Å². The average Bonchev–Trinajstić information content (AvgIpc) is 3.05. The highest BCUT2D eigenvalue weighted by molar-refractivity contribution is 5.98. The van der Waals surface area contributed by atoms with Crippen LogP contribution in [-0.2, 0) is 11.3 Å². The summed E-state index contributed by atoms with van der Waals surface area (Å²) in [6, 6.07) is 7.06. The molecule has 2 aliphatic heterocycles. The molecule has 0 saturated carbocycles. The lowest BCUT2D eigenvalue weighted by Crippen LogP contribution is -2.53. The van der Waals surface area contributed by atoms with Crippen LogP contribution in [0.5, 0.6) is 0 Å². The Labute approximate surface area is 148 Å². The Bertz CT molecular complexity index is 649. The van der Waals surface area contributed by atoms with Crippen molar-refractivity contribution in [3.63, 3.8) is 0 Å². The molecule has 2 heterocycles. The van der Waals surface area contributed by atoms with Crippen molar-refractivity contribution < 1.29 is 14.7 Å². The second-order valence-corrected chi connectivity index (χ2v) is 7.17. The van der Waals surface area contributed by atoms with Gasteiger partial charge in [0.25, 0.3) is 0 Å². The number of carbonyl (C=O) groups excluding carboxylic acids is 2. The van der Waals surface area contributed by atoms with Crippen molar-refractivity contribution in [2.75, 3.05) is 25.0 Å². The van der Waals surface area contributed by atoms with E-state index < -0.39 is 6.04 Å². The number of benzene rings is 1. The Morgan fingerprint density at radius 2 is 2.16 bits per heavy atom. The molecule has 3 rings (SSSR count). The van der Waals surface area contributed by atoms with E-state index in [0.29, 0.717) is 19.6 Å². The molecule has 0 aromatic heterocycles. The number of carbonyl (C=O) groups is 2. The summed E-state index contributed by atoms with van der Waals surface area (Å²) in [5.74, 6) is 0.0825. The summed E-state index contributed by atoms with van der Waals surface area (Å²) in [6.45, 7) is 5.77. The van der Waals surface area contributed by atoms with E-state index in [4.69, 9.17) is 0 Å². The number of aliphatic hydroxyl groups is 1. The highest BCUT2D eigenvalue weighted by Gasteiger charge is 2.39. The van der Waals surface area contributed by atoms with Gasteiger partial charge < -0.3 is 20.2 Å². The number of fused-ring (bicyclic) bond motifs is 1. The van der Waals surface area contributed by atoms with Crippen LogP contribution in [0, 0.1) is 11.8 Å². The largest absolute Gasteiger partial charge is 0.396 e. The maximum atomic E-state index is 13.2. The van der Waals surface area contributed by atoms with E-state index in [0.717, 1.165) is 24.1 Å². The summed E-state index contributed by atoms with van der Waals surface area (Å²) >= 11 is 0. The Morgan fingerprint density at radius 1 is 1.40 bits per heavy atom. The van der Waals surface area contributed by atoms with Crippen LogP contribution >= 0.6 is 0 Å². The second kappa shape index (κ2) is 7.44. The molecule has 25 heavy (non-hydrogen) atoms. The van der Waals surface area contributed by atoms with Crippen LogP contribution in [0.1, 0.15) is 32.3 Å². The number of hydrogen-bond donors (Lipinski definition) is 2. The lowest BCUT2D eigenvalue weighted by atomic mass is 9.97. The van der Waals surface area contributed by atoms with Crippen molar-refractivity contribution >= 4 is 17.6 Å². The zero-order valence-electron chi connectivity index (χ0n) is 14.9. The molecule has 1 aromatic carbocycles. The van der Waals surface area contributed by atoms with Crippen LogP contribution in [-0.4, -0.2) is 52.6 Å². The van der Waals surface area contributed by atoms with Gasteiger partial charge in [0.05, 0.1) is 6.54 Å². The Kier molecular flexibility index (Phi) is 5.27. The molecule has 3 amide bonds. The van der Waals surface area contributed by atoms with Gasteiger partial charge in [0.2, 0.25) is 5.91 Å². The van der Waals surface area contributed by atoms with Gasteiger partial charge in [0.15, 0.2) is 0 Å². The van der Waals surface area contributed by atoms with Gasteiger partial charge >= 0.3 is 6.03 Å². The summed E-state index contributed by atoms with van der Waals surface area (Å²) in [5, 5.41) is 12.3. The molecular weight excluding hydrogens is 318 g/mol. The highest BCUT2D eigenvalue weighted by Crippen LogP contribution is 2.29. The number of likely N-dealkylation sites (tertiary alicyclic amines) is 1. The fourth-order valence-corrected chi connectivity index (χ4v) is 3.72. The number of rotatable bonds is 3. The van der Waals surface area contributed by atoms with Crippen LogP contribution in [0.2, 0.25) is 0 Å². The van der Waals surface area contributed by atoms with Crippen LogP contribution in [0.15, 0.2) is 24.3 Å². The maximum absolute atomic E-state index is 13.2. The Hall–Kier alpha value is -2.08. The average molecular weight is 345 g/mol. The lowest BCUT2D eigenvalue weighted by molar-refractivity contribution is -0.122. The number of nitrogens with one attached hydrogen (secondary N) is 1. The second-order valence-electron chi connectivity index (χ2n) is 7.17. The van der Waals surface area contributed by atoms with E-state index in [1.54, 1.807) is 9.80 Å². The van der Waals surface area contributed by atoms with Crippen LogP contribution in [0.4, 0.5) is 10.5 Å². The van der Waals surface area contributed by atoms with Gasteiger partial charge in [-0.1, -0.05) is 38.5 Å². The quantitative estimate of drug-likeness (QED) is 0.883. The third kappa shape index (κ3) is 3.49. The monoisotopic (exact) mass is 345 g/mol. The minimum Gasteiger partial charge on any atom is -0.396 e. The summed E-state index contributed by atoms with van der Waals surface area (Å²) < 4.78 is 0. The predicted octanol–water partition coefficient (Wildman–Crippen LogP) is 2.29. The van der Waals surface area contributed by atoms with Crippen LogP contribution in [0.3, 0.4) is 0 Å². The summed E-state index contributed by atoms with van der Waals surface area (Å²) in [6.07, 6.45) is 1.63. The summed E-state index contributed by atoms with van der Waals surface area (Å²) in [7, 11) is 0. The molecule has 3 unspecified atom stereocenters. The van der Waals surface area contributed by atoms with Gasteiger partial charge in [-0.2, -0.15) is 0 Å². The third-order valence-electron chi connectivity index (χ3n) is 5.46.